The van der Waals surface area contributed by atoms with E-state index in [1.807, 2.05) is 6.92 Å². The summed E-state index contributed by atoms with van der Waals surface area (Å²) in [5, 5.41) is 2.98. The maximum absolute atomic E-state index is 12.6. The lowest BCUT2D eigenvalue weighted by atomic mass is 10.2. The van der Waals surface area contributed by atoms with E-state index in [9.17, 15) is 8.42 Å². The molecule has 0 amide bonds. The molecule has 2 rings (SSSR count). The van der Waals surface area contributed by atoms with Crippen LogP contribution in [0.2, 0.25) is 0 Å². The van der Waals surface area contributed by atoms with Gasteiger partial charge in [0, 0.05) is 30.4 Å². The van der Waals surface area contributed by atoms with Gasteiger partial charge in [-0.1, -0.05) is 0 Å². The smallest absolute Gasteiger partial charge is 0.244 e. The van der Waals surface area contributed by atoms with Crippen LogP contribution in [0.4, 0.5) is 5.82 Å². The second-order valence-electron chi connectivity index (χ2n) is 4.96. The average molecular weight is 378 g/mol. The van der Waals surface area contributed by atoms with E-state index >= 15 is 0 Å². The summed E-state index contributed by atoms with van der Waals surface area (Å²) in [5.74, 6) is 0.361. The molecule has 1 aromatic heterocycles. The van der Waals surface area contributed by atoms with Crippen molar-refractivity contribution >= 4 is 31.8 Å². The summed E-state index contributed by atoms with van der Waals surface area (Å²) in [7, 11) is -2.03. The van der Waals surface area contributed by atoms with Gasteiger partial charge in [0.05, 0.1) is 6.10 Å². The molecule has 0 bridgehead atoms. The summed E-state index contributed by atoms with van der Waals surface area (Å²) in [6, 6.07) is 1.37. The molecule has 1 aliphatic carbocycles. The van der Waals surface area contributed by atoms with Gasteiger partial charge in [0.15, 0.2) is 0 Å². The van der Waals surface area contributed by atoms with Gasteiger partial charge in [-0.25, -0.2) is 18.1 Å². The Morgan fingerprint density at radius 3 is 2.90 bits per heavy atom. The van der Waals surface area contributed by atoms with Gasteiger partial charge in [-0.2, -0.15) is 0 Å². The number of hydrogen-bond donors (Lipinski definition) is 2. The first-order valence-electron chi connectivity index (χ1n) is 6.92. The number of pyridine rings is 1. The number of hydrogen-bond acceptors (Lipinski definition) is 5. The van der Waals surface area contributed by atoms with E-state index in [0.717, 1.165) is 19.3 Å². The lowest BCUT2D eigenvalue weighted by Gasteiger charge is -2.20. The maximum atomic E-state index is 12.6. The van der Waals surface area contributed by atoms with Crippen molar-refractivity contribution in [2.45, 2.75) is 43.2 Å². The molecule has 0 radical (unpaired) electrons. The van der Waals surface area contributed by atoms with Crippen molar-refractivity contribution in [3.8, 4) is 0 Å². The zero-order valence-electron chi connectivity index (χ0n) is 12.1. The Kier molecular flexibility index (Phi) is 5.59. The van der Waals surface area contributed by atoms with Gasteiger partial charge in [0.1, 0.15) is 10.7 Å². The number of aromatic nitrogens is 1. The predicted molar refractivity (Wildman–Crippen MR) is 84.9 cm³/mol. The Labute approximate surface area is 133 Å². The molecule has 1 fully saturated rings. The molecule has 2 atom stereocenters. The first-order chi connectivity index (χ1) is 9.97. The minimum atomic E-state index is -3.65. The van der Waals surface area contributed by atoms with E-state index in [0.29, 0.717) is 16.8 Å². The predicted octanol–water partition coefficient (Wildman–Crippen LogP) is 2.12. The van der Waals surface area contributed by atoms with Crippen LogP contribution in [0.1, 0.15) is 26.2 Å². The fourth-order valence-electron chi connectivity index (χ4n) is 2.53. The molecule has 0 aliphatic heterocycles. The highest BCUT2D eigenvalue weighted by Crippen LogP contribution is 2.26. The summed E-state index contributed by atoms with van der Waals surface area (Å²) >= 11 is 3.27. The molecule has 1 aromatic rings. The minimum absolute atomic E-state index is 0.0672. The molecule has 0 saturated heterocycles. The van der Waals surface area contributed by atoms with Crippen LogP contribution < -0.4 is 10.0 Å². The number of nitrogens with one attached hydrogen (secondary N) is 2. The first-order valence-corrected chi connectivity index (χ1v) is 9.20. The van der Waals surface area contributed by atoms with Crippen LogP contribution >= 0.6 is 15.9 Å². The fraction of sp³-hybridized carbons (Fsp3) is 0.615. The molecule has 21 heavy (non-hydrogen) atoms. The van der Waals surface area contributed by atoms with Crippen molar-refractivity contribution in [2.75, 3.05) is 19.0 Å². The van der Waals surface area contributed by atoms with Crippen LogP contribution in [0, 0.1) is 0 Å². The lowest BCUT2D eigenvalue weighted by molar-refractivity contribution is 0.0916. The fourth-order valence-corrected chi connectivity index (χ4v) is 4.47. The summed E-state index contributed by atoms with van der Waals surface area (Å²) in [6.45, 7) is 2.49. The van der Waals surface area contributed by atoms with Crippen molar-refractivity contribution in [2.24, 2.45) is 0 Å². The van der Waals surface area contributed by atoms with Gasteiger partial charge in [0.2, 0.25) is 10.0 Å². The Bertz CT molecular complexity index is 594. The molecule has 0 spiro atoms. The lowest BCUT2D eigenvalue weighted by Crippen LogP contribution is -2.40. The molecular formula is C13H20BrN3O3S. The zero-order valence-corrected chi connectivity index (χ0v) is 14.5. The van der Waals surface area contributed by atoms with Crippen LogP contribution in [0.3, 0.4) is 0 Å². The van der Waals surface area contributed by atoms with Gasteiger partial charge in [-0.3, -0.25) is 0 Å². The Balaban J connectivity index is 2.28. The second-order valence-corrected chi connectivity index (χ2v) is 7.56. The highest BCUT2D eigenvalue weighted by atomic mass is 79.9. The van der Waals surface area contributed by atoms with Gasteiger partial charge >= 0.3 is 0 Å². The Morgan fingerprint density at radius 1 is 1.48 bits per heavy atom. The number of anilines is 1. The summed E-state index contributed by atoms with van der Waals surface area (Å²) < 4.78 is 34.0. The second kappa shape index (κ2) is 7.04. The first kappa shape index (κ1) is 16.7. The molecule has 6 nitrogen and oxygen atoms in total. The van der Waals surface area contributed by atoms with Gasteiger partial charge in [-0.05, 0) is 48.2 Å². The number of sulfonamides is 1. The van der Waals surface area contributed by atoms with Crippen LogP contribution in [-0.4, -0.2) is 39.2 Å². The van der Waals surface area contributed by atoms with Crippen molar-refractivity contribution in [1.29, 1.82) is 0 Å². The molecule has 1 heterocycles. The Hall–Kier alpha value is -0.700. The molecule has 8 heteroatoms. The quantitative estimate of drug-likeness (QED) is 0.793. The van der Waals surface area contributed by atoms with Gasteiger partial charge in [-0.15, -0.1) is 0 Å². The molecule has 2 unspecified atom stereocenters. The van der Waals surface area contributed by atoms with E-state index in [-0.39, 0.29) is 17.0 Å². The van der Waals surface area contributed by atoms with Crippen molar-refractivity contribution in [3.05, 3.63) is 16.7 Å². The van der Waals surface area contributed by atoms with E-state index in [1.54, 1.807) is 19.4 Å². The largest absolute Gasteiger partial charge is 0.380 e. The third-order valence-electron chi connectivity index (χ3n) is 3.51. The molecule has 118 valence electrons. The monoisotopic (exact) mass is 377 g/mol. The summed E-state index contributed by atoms with van der Waals surface area (Å²) in [6.07, 6.45) is 4.13. The Morgan fingerprint density at radius 2 is 2.24 bits per heavy atom. The third-order valence-corrected chi connectivity index (χ3v) is 5.45. The number of nitrogens with zero attached hydrogens (tertiary/aromatic N) is 1. The van der Waals surface area contributed by atoms with Crippen molar-refractivity contribution in [1.82, 2.24) is 9.71 Å². The SMILES string of the molecule is CCNc1ncc(Br)cc1S(=O)(=O)NC1CCCC1OC. The average Bonchev–Trinajstić information content (AvgIpc) is 2.87. The summed E-state index contributed by atoms with van der Waals surface area (Å²) in [4.78, 5) is 4.29. The van der Waals surface area contributed by atoms with Gasteiger partial charge in [0.25, 0.3) is 0 Å². The number of rotatable bonds is 6. The molecule has 1 saturated carbocycles. The van der Waals surface area contributed by atoms with E-state index in [2.05, 4.69) is 31.0 Å². The van der Waals surface area contributed by atoms with Gasteiger partial charge < -0.3 is 10.1 Å². The highest BCUT2D eigenvalue weighted by molar-refractivity contribution is 9.10. The minimum Gasteiger partial charge on any atom is -0.380 e. The highest BCUT2D eigenvalue weighted by Gasteiger charge is 2.32. The third kappa shape index (κ3) is 3.94. The molecular weight excluding hydrogens is 358 g/mol. The zero-order chi connectivity index (χ0) is 15.5. The van der Waals surface area contributed by atoms with Crippen LogP contribution in [0.15, 0.2) is 21.6 Å². The summed E-state index contributed by atoms with van der Waals surface area (Å²) in [5.41, 5.74) is 0. The van der Waals surface area contributed by atoms with Crippen molar-refractivity contribution < 1.29 is 13.2 Å². The van der Waals surface area contributed by atoms with Crippen LogP contribution in [0.25, 0.3) is 0 Å². The van der Waals surface area contributed by atoms with E-state index in [4.69, 9.17) is 4.74 Å². The van der Waals surface area contributed by atoms with Crippen LogP contribution in [-0.2, 0) is 14.8 Å². The standard InChI is InChI=1S/C13H20BrN3O3S/c1-3-15-13-12(7-9(14)8-16-13)21(18,19)17-10-5-4-6-11(10)20-2/h7-8,10-11,17H,3-6H2,1-2H3,(H,15,16). The molecule has 1 aliphatic rings. The van der Waals surface area contributed by atoms with E-state index < -0.39 is 10.0 Å². The maximum Gasteiger partial charge on any atom is 0.244 e. The molecule has 2 N–H and O–H groups in total. The topological polar surface area (TPSA) is 80.3 Å². The number of methoxy groups -OCH3 is 1. The van der Waals surface area contributed by atoms with E-state index in [1.165, 1.54) is 0 Å². The number of halogens is 1. The van der Waals surface area contributed by atoms with Crippen LogP contribution in [0.5, 0.6) is 0 Å². The molecule has 0 aromatic carbocycles. The number of ether oxygens (including phenoxy) is 1. The van der Waals surface area contributed by atoms with Crippen molar-refractivity contribution in [3.63, 3.8) is 0 Å². The normalized spacial score (nSPS) is 22.4.